The Morgan fingerprint density at radius 2 is 2.12 bits per heavy atom. The summed E-state index contributed by atoms with van der Waals surface area (Å²) in [6.45, 7) is -0.944. The third-order valence-corrected chi connectivity index (χ3v) is 0.860. The van der Waals surface area contributed by atoms with Gasteiger partial charge in [0.1, 0.15) is 0 Å². The molecule has 0 atom stereocenters. The number of carbonyl (C=O) groups excluding carboxylic acids is 1. The summed E-state index contributed by atoms with van der Waals surface area (Å²) in [7, 11) is 0. The molecule has 1 nitrogen and oxygen atoms in total. The summed E-state index contributed by atoms with van der Waals surface area (Å²) >= 11 is 5.81. The number of hydrogen-bond acceptors (Lipinski definition) is 1. The molecule has 0 fully saturated rings. The molecule has 4 heteroatoms. The molecule has 0 saturated carbocycles. The Balaban J connectivity index is 3.70. The molecule has 0 bridgehead atoms. The molecule has 0 aromatic rings. The van der Waals surface area contributed by atoms with Gasteiger partial charge < -0.3 is 0 Å². The molecule has 0 amide bonds. The van der Waals surface area contributed by atoms with Crippen LogP contribution in [0.1, 0.15) is 0 Å². The van der Waals surface area contributed by atoms with E-state index in [4.69, 9.17) is 0 Å². The first-order valence-corrected chi connectivity index (χ1v) is 3.37. The van der Waals surface area contributed by atoms with Crippen molar-refractivity contribution in [3.05, 3.63) is 9.47 Å². The summed E-state index contributed by atoms with van der Waals surface area (Å²) in [5.74, 6) is -0.547. The molecule has 0 saturated heterocycles. The fraction of sp³-hybridized carbons (Fsp3) is 0.250. The maximum absolute atomic E-state index is 11.3. The molecule has 0 unspecified atom stereocenters. The lowest BCUT2D eigenvalue weighted by Gasteiger charge is -1.80. The molecule has 0 radical (unpaired) electrons. The molecule has 0 aromatic heterocycles. The van der Waals surface area contributed by atoms with E-state index in [-0.39, 0.29) is 0 Å². The lowest BCUT2D eigenvalue weighted by Crippen LogP contribution is -1.92. The zero-order valence-corrected chi connectivity index (χ0v) is 7.00. The van der Waals surface area contributed by atoms with Crippen molar-refractivity contribution in [1.29, 1.82) is 0 Å². The van der Waals surface area contributed by atoms with Crippen molar-refractivity contribution in [2.24, 2.45) is 0 Å². The van der Waals surface area contributed by atoms with Crippen molar-refractivity contribution in [3.8, 4) is 0 Å². The van der Waals surface area contributed by atoms with Crippen LogP contribution in [-0.4, -0.2) is 12.5 Å². The van der Waals surface area contributed by atoms with Gasteiger partial charge in [-0.15, -0.1) is 0 Å². The molecule has 0 aliphatic carbocycles. The minimum Gasteiger partial charge on any atom is -0.292 e. The minimum atomic E-state index is -0.944. The van der Waals surface area contributed by atoms with Crippen LogP contribution in [0.2, 0.25) is 0 Å². The largest absolute Gasteiger partial charge is 0.292 e. The van der Waals surface area contributed by atoms with Crippen LogP contribution in [0.5, 0.6) is 0 Å². The van der Waals surface area contributed by atoms with E-state index in [1.165, 1.54) is 0 Å². The van der Waals surface area contributed by atoms with E-state index in [1.807, 2.05) is 0 Å². The number of alkyl halides is 1. The van der Waals surface area contributed by atoms with Crippen molar-refractivity contribution in [2.75, 3.05) is 6.67 Å². The first kappa shape index (κ1) is 8.30. The first-order chi connectivity index (χ1) is 3.66. The van der Waals surface area contributed by atoms with Gasteiger partial charge in [0.25, 0.3) is 0 Å². The summed E-state index contributed by atoms with van der Waals surface area (Å²) in [5.41, 5.74) is 0. The number of rotatable bonds is 2. The normalized spacial score (nSPS) is 8.38. The number of ketones is 1. The fourth-order valence-electron chi connectivity index (χ4n) is 0.160. The van der Waals surface area contributed by atoms with Crippen LogP contribution in [0, 0.1) is 0 Å². The van der Waals surface area contributed by atoms with E-state index in [1.54, 1.807) is 0 Å². The molecule has 0 aliphatic heterocycles. The number of hydrogen-bond donors (Lipinski definition) is 0. The lowest BCUT2D eigenvalue weighted by atomic mass is 10.4. The highest BCUT2D eigenvalue weighted by Gasteiger charge is 1.93. The van der Waals surface area contributed by atoms with Gasteiger partial charge in [-0.3, -0.25) is 4.79 Å². The molecule has 0 aliphatic rings. The van der Waals surface area contributed by atoms with E-state index in [0.717, 1.165) is 6.08 Å². The molecule has 0 heterocycles. The van der Waals surface area contributed by atoms with Crippen LogP contribution in [0.4, 0.5) is 4.39 Å². The molecule has 46 valence electrons. The Morgan fingerprint density at radius 1 is 1.62 bits per heavy atom. The van der Waals surface area contributed by atoms with Crippen LogP contribution >= 0.6 is 31.9 Å². The van der Waals surface area contributed by atoms with Crippen molar-refractivity contribution in [2.45, 2.75) is 0 Å². The highest BCUT2D eigenvalue weighted by atomic mass is 79.9. The van der Waals surface area contributed by atoms with Crippen molar-refractivity contribution >= 4 is 37.6 Å². The predicted molar refractivity (Wildman–Crippen MR) is 36.9 cm³/mol. The minimum absolute atomic E-state index is 0.465. The third kappa shape index (κ3) is 4.46. The summed E-state index contributed by atoms with van der Waals surface area (Å²) < 4.78 is 11.8. The number of allylic oxidation sites excluding steroid dienone is 1. The quantitative estimate of drug-likeness (QED) is 0.682. The topological polar surface area (TPSA) is 17.1 Å². The maximum Gasteiger partial charge on any atom is 0.188 e. The smallest absolute Gasteiger partial charge is 0.188 e. The highest BCUT2D eigenvalue weighted by Crippen LogP contribution is 2.11. The molecule has 0 aromatic carbocycles. The molecule has 0 N–H and O–H groups in total. The van der Waals surface area contributed by atoms with E-state index in [2.05, 4.69) is 31.9 Å². The predicted octanol–water partition coefficient (Wildman–Crippen LogP) is 2.16. The van der Waals surface area contributed by atoms with Crippen LogP contribution in [0.25, 0.3) is 0 Å². The molecule has 0 rings (SSSR count). The van der Waals surface area contributed by atoms with Crippen LogP contribution in [0.15, 0.2) is 9.47 Å². The van der Waals surface area contributed by atoms with Gasteiger partial charge in [-0.1, -0.05) is 0 Å². The number of carbonyl (C=O) groups is 1. The Morgan fingerprint density at radius 3 is 2.25 bits per heavy atom. The fourth-order valence-corrected chi connectivity index (χ4v) is 0.671. The summed E-state index contributed by atoms with van der Waals surface area (Å²) in [4.78, 5) is 10.1. The zero-order valence-electron chi connectivity index (χ0n) is 3.83. The average molecular weight is 246 g/mol. The molecular formula is C4H3Br2FO. The summed E-state index contributed by atoms with van der Waals surface area (Å²) in [6.07, 6.45) is 1.12. The SMILES string of the molecule is O=C(C=C(Br)Br)CF. The van der Waals surface area contributed by atoms with E-state index in [9.17, 15) is 9.18 Å². The molecular weight excluding hydrogens is 243 g/mol. The maximum atomic E-state index is 11.3. The Labute approximate surface area is 63.2 Å². The lowest BCUT2D eigenvalue weighted by molar-refractivity contribution is -0.115. The van der Waals surface area contributed by atoms with Crippen LogP contribution in [0.3, 0.4) is 0 Å². The van der Waals surface area contributed by atoms with Crippen molar-refractivity contribution < 1.29 is 9.18 Å². The van der Waals surface area contributed by atoms with Gasteiger partial charge in [0.2, 0.25) is 0 Å². The van der Waals surface area contributed by atoms with E-state index >= 15 is 0 Å². The van der Waals surface area contributed by atoms with Crippen LogP contribution < -0.4 is 0 Å². The van der Waals surface area contributed by atoms with Gasteiger partial charge in [0.15, 0.2) is 12.5 Å². The standard InChI is InChI=1S/C4H3Br2FO/c5-4(6)1-3(8)2-7/h1H,2H2. The Bertz CT molecular complexity index is 117. The van der Waals surface area contributed by atoms with Crippen molar-refractivity contribution in [1.82, 2.24) is 0 Å². The van der Waals surface area contributed by atoms with Gasteiger partial charge in [-0.2, -0.15) is 0 Å². The number of halogens is 3. The van der Waals surface area contributed by atoms with Crippen molar-refractivity contribution in [3.63, 3.8) is 0 Å². The monoisotopic (exact) mass is 244 g/mol. The van der Waals surface area contributed by atoms with Crippen LogP contribution in [-0.2, 0) is 4.79 Å². The second-order valence-corrected chi connectivity index (χ2v) is 3.81. The Kier molecular flexibility index (Phi) is 4.36. The Hall–Kier alpha value is 0.300. The van der Waals surface area contributed by atoms with Gasteiger partial charge in [-0.25, -0.2) is 4.39 Å². The summed E-state index contributed by atoms with van der Waals surface area (Å²) in [5, 5.41) is 0. The van der Waals surface area contributed by atoms with Gasteiger partial charge >= 0.3 is 0 Å². The van der Waals surface area contributed by atoms with E-state index in [0.29, 0.717) is 3.39 Å². The summed E-state index contributed by atoms with van der Waals surface area (Å²) in [6, 6.07) is 0. The van der Waals surface area contributed by atoms with Gasteiger partial charge in [0.05, 0.1) is 3.39 Å². The first-order valence-electron chi connectivity index (χ1n) is 1.78. The highest BCUT2D eigenvalue weighted by molar-refractivity contribution is 9.28. The zero-order chi connectivity index (χ0) is 6.57. The van der Waals surface area contributed by atoms with Gasteiger partial charge in [-0.05, 0) is 31.9 Å². The molecule has 0 spiro atoms. The average Bonchev–Trinajstić information content (AvgIpc) is 1.65. The third-order valence-electron chi connectivity index (χ3n) is 0.402. The second kappa shape index (κ2) is 4.21. The van der Waals surface area contributed by atoms with E-state index < -0.39 is 12.5 Å². The van der Waals surface area contributed by atoms with Gasteiger partial charge in [0, 0.05) is 6.08 Å². The second-order valence-electron chi connectivity index (χ2n) is 1.03. The molecule has 8 heavy (non-hydrogen) atoms.